The molecule has 1 aliphatic rings. The van der Waals surface area contributed by atoms with Crippen molar-refractivity contribution in [1.82, 2.24) is 4.90 Å². The maximum absolute atomic E-state index is 12.9. The predicted octanol–water partition coefficient (Wildman–Crippen LogP) is 6.69. The first-order valence-electron chi connectivity index (χ1n) is 10.9. The van der Waals surface area contributed by atoms with Crippen LogP contribution in [0.25, 0.3) is 6.08 Å². The summed E-state index contributed by atoms with van der Waals surface area (Å²) in [6.45, 7) is 3.30. The fraction of sp³-hybridized carbons (Fsp3) is 0.115. The van der Waals surface area contributed by atoms with Crippen molar-refractivity contribution < 1.29 is 19.3 Å². The number of thioether (sulfide) groups is 1. The van der Waals surface area contributed by atoms with Crippen LogP contribution in [0, 0.1) is 24.0 Å². The van der Waals surface area contributed by atoms with Gasteiger partial charge in [0.25, 0.3) is 16.8 Å². The summed E-state index contributed by atoms with van der Waals surface area (Å²) in [5.41, 5.74) is 2.67. The number of nitrogens with one attached hydrogen (secondary N) is 1. The lowest BCUT2D eigenvalue weighted by Crippen LogP contribution is -2.36. The summed E-state index contributed by atoms with van der Waals surface area (Å²) in [5, 5.41) is 14.4. The number of amides is 3. The molecule has 1 aliphatic heterocycles. The Labute approximate surface area is 226 Å². The predicted molar refractivity (Wildman–Crippen MR) is 146 cm³/mol. The van der Waals surface area contributed by atoms with Crippen LogP contribution in [0.4, 0.5) is 16.2 Å². The number of carbonyl (C=O) groups excluding carboxylic acids is 3. The van der Waals surface area contributed by atoms with Crippen molar-refractivity contribution >= 4 is 69.6 Å². The fourth-order valence-corrected chi connectivity index (χ4v) is 5.34. The number of benzene rings is 3. The van der Waals surface area contributed by atoms with Gasteiger partial charge in [-0.15, -0.1) is 0 Å². The summed E-state index contributed by atoms with van der Waals surface area (Å²) in [5.74, 6) is -1.13. The van der Waals surface area contributed by atoms with E-state index in [1.165, 1.54) is 23.9 Å². The smallest absolute Gasteiger partial charge is 0.294 e. The van der Waals surface area contributed by atoms with E-state index in [0.717, 1.165) is 20.9 Å². The van der Waals surface area contributed by atoms with E-state index < -0.39 is 28.5 Å². The van der Waals surface area contributed by atoms with Crippen molar-refractivity contribution in [2.75, 3.05) is 11.9 Å². The average molecular weight is 554 g/mol. The summed E-state index contributed by atoms with van der Waals surface area (Å²) >= 11 is 7.80. The van der Waals surface area contributed by atoms with E-state index in [0.29, 0.717) is 32.9 Å². The van der Waals surface area contributed by atoms with Crippen molar-refractivity contribution in [3.8, 4) is 0 Å². The number of imide groups is 1. The number of rotatable bonds is 7. The summed E-state index contributed by atoms with van der Waals surface area (Å²) in [6, 6.07) is 17.1. The second kappa shape index (κ2) is 11.2. The third-order valence-electron chi connectivity index (χ3n) is 5.36. The van der Waals surface area contributed by atoms with E-state index in [9.17, 15) is 24.5 Å². The number of anilines is 1. The van der Waals surface area contributed by atoms with Crippen molar-refractivity contribution in [1.29, 1.82) is 0 Å². The molecule has 0 unspecified atom stereocenters. The third kappa shape index (κ3) is 6.40. The van der Waals surface area contributed by atoms with Gasteiger partial charge in [-0.2, -0.15) is 0 Å². The molecular weight excluding hydrogens is 534 g/mol. The van der Waals surface area contributed by atoms with Crippen LogP contribution >= 0.6 is 35.1 Å². The number of carbonyl (C=O) groups is 3. The second-order valence-electron chi connectivity index (χ2n) is 8.17. The first-order valence-corrected chi connectivity index (χ1v) is 13.0. The SMILES string of the molecule is Cc1ccc(C)c(NC(=O)CN2C(=O)S/C(=C\c3ccc(Sc4ccc(Cl)cc4)c([N+](=O)[O-])c3)C2=O)c1. The molecule has 0 aromatic heterocycles. The van der Waals surface area contributed by atoms with Gasteiger partial charge in [0.1, 0.15) is 6.54 Å². The van der Waals surface area contributed by atoms with Crippen molar-refractivity contribution in [2.45, 2.75) is 23.6 Å². The Balaban J connectivity index is 1.50. The summed E-state index contributed by atoms with van der Waals surface area (Å²) in [6.07, 6.45) is 1.41. The van der Waals surface area contributed by atoms with Gasteiger partial charge >= 0.3 is 0 Å². The maximum atomic E-state index is 12.9. The molecule has 0 atom stereocenters. The number of nitro benzene ring substituents is 1. The van der Waals surface area contributed by atoms with Crippen LogP contribution in [0.3, 0.4) is 0 Å². The highest BCUT2D eigenvalue weighted by molar-refractivity contribution is 8.18. The monoisotopic (exact) mass is 553 g/mol. The Morgan fingerprint density at radius 2 is 1.84 bits per heavy atom. The van der Waals surface area contributed by atoms with Crippen molar-refractivity contribution in [3.05, 3.63) is 97.4 Å². The Hall–Kier alpha value is -3.60. The lowest BCUT2D eigenvalue weighted by molar-refractivity contribution is -0.387. The molecule has 4 rings (SSSR count). The minimum atomic E-state index is -0.631. The van der Waals surface area contributed by atoms with Crippen LogP contribution < -0.4 is 5.32 Å². The lowest BCUT2D eigenvalue weighted by Gasteiger charge is -2.14. The Morgan fingerprint density at radius 3 is 2.54 bits per heavy atom. The van der Waals surface area contributed by atoms with Crippen LogP contribution in [0.1, 0.15) is 16.7 Å². The molecule has 3 aromatic rings. The third-order valence-corrected chi connectivity index (χ3v) is 7.59. The molecule has 1 N–H and O–H groups in total. The number of halogens is 1. The molecule has 11 heteroatoms. The zero-order valence-corrected chi connectivity index (χ0v) is 22.1. The van der Waals surface area contributed by atoms with Crippen molar-refractivity contribution in [2.24, 2.45) is 0 Å². The zero-order valence-electron chi connectivity index (χ0n) is 19.7. The summed E-state index contributed by atoms with van der Waals surface area (Å²) in [7, 11) is 0. The summed E-state index contributed by atoms with van der Waals surface area (Å²) < 4.78 is 0. The van der Waals surface area contributed by atoms with Crippen LogP contribution in [0.15, 0.2) is 75.4 Å². The standard InChI is InChI=1S/C26H20ClN3O5S2/c1-15-3-4-16(2)20(11-15)28-24(31)14-29-25(32)23(37-26(29)33)13-17-5-10-22(21(12-17)30(34)35)36-19-8-6-18(27)7-9-19/h3-13H,14H2,1-2H3,(H,28,31)/b23-13-. The molecule has 1 fully saturated rings. The molecule has 37 heavy (non-hydrogen) atoms. The normalized spacial score (nSPS) is 14.4. The van der Waals surface area contributed by atoms with E-state index in [2.05, 4.69) is 5.32 Å². The number of hydrogen-bond donors (Lipinski definition) is 1. The Bertz CT molecular complexity index is 1460. The van der Waals surface area contributed by atoms with Gasteiger partial charge in [0.05, 0.1) is 14.7 Å². The molecular formula is C26H20ClN3O5S2. The van der Waals surface area contributed by atoms with Crippen LogP contribution in [-0.4, -0.2) is 33.4 Å². The zero-order chi connectivity index (χ0) is 26.7. The van der Waals surface area contributed by atoms with Gasteiger partial charge in [0.15, 0.2) is 0 Å². The maximum Gasteiger partial charge on any atom is 0.294 e. The Kier molecular flexibility index (Phi) is 8.01. The molecule has 1 heterocycles. The number of aryl methyl sites for hydroxylation is 2. The molecule has 0 saturated carbocycles. The van der Waals surface area contributed by atoms with Crippen molar-refractivity contribution in [3.63, 3.8) is 0 Å². The van der Waals surface area contributed by atoms with Crippen LogP contribution in [-0.2, 0) is 9.59 Å². The number of hydrogen-bond acceptors (Lipinski definition) is 7. The molecule has 188 valence electrons. The topological polar surface area (TPSA) is 110 Å². The van der Waals surface area contributed by atoms with Gasteiger partial charge in [-0.05, 0) is 84.8 Å². The average Bonchev–Trinajstić information content (AvgIpc) is 3.10. The summed E-state index contributed by atoms with van der Waals surface area (Å²) in [4.78, 5) is 51.2. The second-order valence-corrected chi connectivity index (χ2v) is 10.7. The first kappa shape index (κ1) is 26.5. The number of nitro groups is 1. The van der Waals surface area contributed by atoms with Gasteiger partial charge in [0, 0.05) is 21.7 Å². The van der Waals surface area contributed by atoms with Crippen LogP contribution in [0.2, 0.25) is 5.02 Å². The quantitative estimate of drug-likeness (QED) is 0.197. The minimum Gasteiger partial charge on any atom is -0.324 e. The van der Waals surface area contributed by atoms with Gasteiger partial charge in [-0.1, -0.05) is 41.6 Å². The molecule has 0 bridgehead atoms. The molecule has 3 amide bonds. The largest absolute Gasteiger partial charge is 0.324 e. The molecule has 3 aromatic carbocycles. The van der Waals surface area contributed by atoms with E-state index in [1.807, 2.05) is 32.0 Å². The molecule has 0 spiro atoms. The van der Waals surface area contributed by atoms with Crippen LogP contribution in [0.5, 0.6) is 0 Å². The van der Waals surface area contributed by atoms with Gasteiger partial charge in [-0.25, -0.2) is 0 Å². The molecule has 0 radical (unpaired) electrons. The minimum absolute atomic E-state index is 0.0805. The molecule has 0 aliphatic carbocycles. The highest BCUT2D eigenvalue weighted by Gasteiger charge is 2.36. The highest BCUT2D eigenvalue weighted by atomic mass is 35.5. The van der Waals surface area contributed by atoms with E-state index in [4.69, 9.17) is 11.6 Å². The van der Waals surface area contributed by atoms with E-state index >= 15 is 0 Å². The first-order chi connectivity index (χ1) is 17.6. The highest BCUT2D eigenvalue weighted by Crippen LogP contribution is 2.37. The van der Waals surface area contributed by atoms with E-state index in [1.54, 1.807) is 36.4 Å². The van der Waals surface area contributed by atoms with Gasteiger partial charge in [0.2, 0.25) is 5.91 Å². The fourth-order valence-electron chi connectivity index (χ4n) is 3.47. The Morgan fingerprint density at radius 1 is 1.11 bits per heavy atom. The van der Waals surface area contributed by atoms with Gasteiger partial charge < -0.3 is 5.32 Å². The lowest BCUT2D eigenvalue weighted by atomic mass is 10.1. The van der Waals surface area contributed by atoms with E-state index in [-0.39, 0.29) is 10.6 Å². The van der Waals surface area contributed by atoms with Gasteiger partial charge in [-0.3, -0.25) is 29.4 Å². The molecule has 8 nitrogen and oxygen atoms in total. The number of nitrogens with zero attached hydrogens (tertiary/aromatic N) is 2. The molecule has 1 saturated heterocycles.